The fraction of sp³-hybridized carbons (Fsp3) is 0.643. The highest BCUT2D eigenvalue weighted by molar-refractivity contribution is 9.10. The second-order valence-electron chi connectivity index (χ2n) is 10.5. The van der Waals surface area contributed by atoms with Crippen LogP contribution in [0.5, 0.6) is 0 Å². The molecule has 11 heteroatoms. The Morgan fingerprint density at radius 3 is 2.41 bits per heavy atom. The van der Waals surface area contributed by atoms with Gasteiger partial charge in [0.2, 0.25) is 17.6 Å². The van der Waals surface area contributed by atoms with Gasteiger partial charge in [-0.3, -0.25) is 19.2 Å². The van der Waals surface area contributed by atoms with Crippen LogP contribution in [0.15, 0.2) is 28.7 Å². The molecule has 0 radical (unpaired) electrons. The molecule has 1 aromatic carbocycles. The average molecular weight is 643 g/mol. The number of halogens is 1. The standard InChI is InChI=1S/C28H40BrN3O5S2/c1-19(2)17-24(30-25(33)6-4-3-5-22-11-16-38-39-22)27(35)31-23(18-20-7-9-21(29)10-8-20)26(34)28(36)32-12-14-37-15-13-32/h7-10,19,22-24H,3-6,11-18H2,1-2H3,(H,30,33)(H,31,35)/t22?,23?,24-/m0/s1. The van der Waals surface area contributed by atoms with Crippen molar-refractivity contribution in [2.24, 2.45) is 5.92 Å². The van der Waals surface area contributed by atoms with Gasteiger partial charge >= 0.3 is 0 Å². The number of nitrogens with one attached hydrogen (secondary N) is 2. The van der Waals surface area contributed by atoms with Crippen LogP contribution in [0.25, 0.3) is 0 Å². The highest BCUT2D eigenvalue weighted by Gasteiger charge is 2.33. The van der Waals surface area contributed by atoms with Gasteiger partial charge in [-0.1, -0.05) is 69.9 Å². The van der Waals surface area contributed by atoms with Crippen molar-refractivity contribution in [3.05, 3.63) is 34.3 Å². The van der Waals surface area contributed by atoms with E-state index in [1.807, 2.05) is 59.7 Å². The number of rotatable bonds is 14. The molecule has 3 amide bonds. The molecule has 3 atom stereocenters. The first-order valence-electron chi connectivity index (χ1n) is 13.8. The first-order chi connectivity index (χ1) is 18.7. The Bertz CT molecular complexity index is 966. The summed E-state index contributed by atoms with van der Waals surface area (Å²) in [6.07, 6.45) is 5.08. The van der Waals surface area contributed by atoms with Crippen LogP contribution in [0.4, 0.5) is 0 Å². The number of Topliss-reactive ketones (excluding diaryl/α,β-unsaturated/α-hetero) is 1. The molecule has 1 aromatic rings. The van der Waals surface area contributed by atoms with Crippen LogP contribution in [0.2, 0.25) is 0 Å². The van der Waals surface area contributed by atoms with Gasteiger partial charge in [-0.2, -0.15) is 0 Å². The maximum atomic E-state index is 13.4. The Morgan fingerprint density at radius 1 is 1.05 bits per heavy atom. The fourth-order valence-corrected chi connectivity index (χ4v) is 7.89. The first-order valence-corrected chi connectivity index (χ1v) is 16.9. The molecule has 2 fully saturated rings. The molecule has 2 saturated heterocycles. The maximum absolute atomic E-state index is 13.4. The summed E-state index contributed by atoms with van der Waals surface area (Å²) in [7, 11) is 3.86. The number of carbonyl (C=O) groups excluding carboxylic acids is 4. The zero-order valence-electron chi connectivity index (χ0n) is 22.8. The zero-order chi connectivity index (χ0) is 28.2. The highest BCUT2D eigenvalue weighted by Crippen LogP contribution is 2.39. The number of nitrogens with zero attached hydrogens (tertiary/aromatic N) is 1. The van der Waals surface area contributed by atoms with Gasteiger partial charge in [0.1, 0.15) is 12.1 Å². The molecule has 2 heterocycles. The number of ether oxygens (including phenoxy) is 1. The van der Waals surface area contributed by atoms with E-state index in [0.717, 1.165) is 29.3 Å². The third-order valence-electron chi connectivity index (χ3n) is 6.76. The molecule has 8 nitrogen and oxygen atoms in total. The molecule has 3 rings (SSSR count). The van der Waals surface area contributed by atoms with Crippen molar-refractivity contribution in [1.29, 1.82) is 0 Å². The predicted octanol–water partition coefficient (Wildman–Crippen LogP) is 4.15. The predicted molar refractivity (Wildman–Crippen MR) is 160 cm³/mol. The summed E-state index contributed by atoms with van der Waals surface area (Å²) in [4.78, 5) is 54.0. The molecule has 0 bridgehead atoms. The van der Waals surface area contributed by atoms with Gasteiger partial charge < -0.3 is 20.3 Å². The summed E-state index contributed by atoms with van der Waals surface area (Å²) in [6, 6.07) is 5.60. The molecule has 0 saturated carbocycles. The molecule has 2 aliphatic rings. The summed E-state index contributed by atoms with van der Waals surface area (Å²) < 4.78 is 6.20. The lowest BCUT2D eigenvalue weighted by Crippen LogP contribution is -2.56. The monoisotopic (exact) mass is 641 g/mol. The van der Waals surface area contributed by atoms with Crippen LogP contribution in [-0.2, 0) is 30.3 Å². The van der Waals surface area contributed by atoms with Crippen LogP contribution < -0.4 is 10.6 Å². The zero-order valence-corrected chi connectivity index (χ0v) is 26.0. The molecule has 2 N–H and O–H groups in total. The van der Waals surface area contributed by atoms with E-state index in [-0.39, 0.29) is 18.2 Å². The Balaban J connectivity index is 1.63. The number of hydrogen-bond acceptors (Lipinski definition) is 7. The van der Waals surface area contributed by atoms with Gasteiger partial charge in [-0.25, -0.2) is 0 Å². The lowest BCUT2D eigenvalue weighted by atomic mass is 9.98. The Kier molecular flexibility index (Phi) is 13.6. The number of amides is 3. The van der Waals surface area contributed by atoms with E-state index >= 15 is 0 Å². The van der Waals surface area contributed by atoms with E-state index in [9.17, 15) is 19.2 Å². The van der Waals surface area contributed by atoms with E-state index in [1.54, 1.807) is 0 Å². The van der Waals surface area contributed by atoms with Gasteiger partial charge in [-0.15, -0.1) is 0 Å². The van der Waals surface area contributed by atoms with Crippen LogP contribution in [0, 0.1) is 5.92 Å². The topological polar surface area (TPSA) is 105 Å². The quantitative estimate of drug-likeness (QED) is 0.179. The van der Waals surface area contributed by atoms with Gasteiger partial charge in [-0.05, 0) is 49.3 Å². The average Bonchev–Trinajstić information content (AvgIpc) is 3.44. The van der Waals surface area contributed by atoms with Gasteiger partial charge in [0.05, 0.1) is 13.2 Å². The van der Waals surface area contributed by atoms with E-state index < -0.39 is 29.7 Å². The number of ketones is 1. The number of benzene rings is 1. The van der Waals surface area contributed by atoms with Crippen LogP contribution in [0.3, 0.4) is 0 Å². The fourth-order valence-electron chi connectivity index (χ4n) is 4.60. The van der Waals surface area contributed by atoms with E-state index in [4.69, 9.17) is 4.74 Å². The summed E-state index contributed by atoms with van der Waals surface area (Å²) in [5.41, 5.74) is 0.815. The minimum absolute atomic E-state index is 0.147. The molecule has 0 spiro atoms. The molecule has 0 aromatic heterocycles. The maximum Gasteiger partial charge on any atom is 0.292 e. The van der Waals surface area contributed by atoms with Crippen molar-refractivity contribution in [3.63, 3.8) is 0 Å². The van der Waals surface area contributed by atoms with Crippen molar-refractivity contribution >= 4 is 61.0 Å². The minimum Gasteiger partial charge on any atom is -0.378 e. The van der Waals surface area contributed by atoms with Gasteiger partial charge in [0.15, 0.2) is 0 Å². The smallest absolute Gasteiger partial charge is 0.292 e. The summed E-state index contributed by atoms with van der Waals surface area (Å²) in [5, 5.41) is 6.39. The molecule has 39 heavy (non-hydrogen) atoms. The molecular formula is C28H40BrN3O5S2. The second-order valence-corrected chi connectivity index (χ2v) is 14.2. The third kappa shape index (κ3) is 11.1. The summed E-state index contributed by atoms with van der Waals surface area (Å²) >= 11 is 3.41. The largest absolute Gasteiger partial charge is 0.378 e. The molecule has 2 aliphatic heterocycles. The lowest BCUT2D eigenvalue weighted by molar-refractivity contribution is -0.148. The lowest BCUT2D eigenvalue weighted by Gasteiger charge is -2.29. The SMILES string of the molecule is CC(C)C[C@H](NC(=O)CCCCC1CCSS1)C(=O)NC(Cc1ccc(Br)cc1)C(=O)C(=O)N1CCOCC1. The normalized spacial score (nSPS) is 19.0. The third-order valence-corrected chi connectivity index (χ3v) is 10.3. The van der Waals surface area contributed by atoms with Crippen molar-refractivity contribution in [3.8, 4) is 0 Å². The van der Waals surface area contributed by atoms with Crippen molar-refractivity contribution in [2.75, 3.05) is 32.1 Å². The van der Waals surface area contributed by atoms with Crippen molar-refractivity contribution in [1.82, 2.24) is 15.5 Å². The number of hydrogen-bond donors (Lipinski definition) is 2. The molecule has 216 valence electrons. The molecule has 0 aliphatic carbocycles. The molecular weight excluding hydrogens is 602 g/mol. The van der Waals surface area contributed by atoms with Crippen molar-refractivity contribution < 1.29 is 23.9 Å². The summed E-state index contributed by atoms with van der Waals surface area (Å²) in [5.74, 6) is -0.542. The Hall–Kier alpha value is -1.56. The number of unbranched alkanes of at least 4 members (excludes halogenated alkanes) is 1. The van der Waals surface area contributed by atoms with E-state index in [1.165, 1.54) is 17.1 Å². The minimum atomic E-state index is -1.04. The first kappa shape index (κ1) is 32.0. The summed E-state index contributed by atoms with van der Waals surface area (Å²) in [6.45, 7) is 5.40. The van der Waals surface area contributed by atoms with Gasteiger partial charge in [0, 0.05) is 41.4 Å². The van der Waals surface area contributed by atoms with Crippen LogP contribution in [-0.4, -0.2) is 77.8 Å². The Morgan fingerprint density at radius 2 is 1.77 bits per heavy atom. The van der Waals surface area contributed by atoms with E-state index in [0.29, 0.717) is 44.4 Å². The second kappa shape index (κ2) is 16.6. The number of carbonyl (C=O) groups is 4. The molecule has 2 unspecified atom stereocenters. The van der Waals surface area contributed by atoms with E-state index in [2.05, 4.69) is 26.6 Å². The Labute approximate surface area is 248 Å². The van der Waals surface area contributed by atoms with Crippen LogP contribution >= 0.6 is 37.5 Å². The van der Waals surface area contributed by atoms with Gasteiger partial charge in [0.25, 0.3) is 5.91 Å². The van der Waals surface area contributed by atoms with Crippen LogP contribution in [0.1, 0.15) is 57.9 Å². The highest BCUT2D eigenvalue weighted by atomic mass is 79.9. The van der Waals surface area contributed by atoms with Crippen molar-refractivity contribution in [2.45, 2.75) is 76.1 Å². The number of morpholine rings is 1.